The Morgan fingerprint density at radius 1 is 1.11 bits per heavy atom. The zero-order chi connectivity index (χ0) is 24.2. The number of benzene rings is 2. The van der Waals surface area contributed by atoms with E-state index in [2.05, 4.69) is 4.98 Å². The van der Waals surface area contributed by atoms with Crippen LogP contribution in [-0.4, -0.2) is 35.1 Å². The van der Waals surface area contributed by atoms with E-state index >= 15 is 0 Å². The van der Waals surface area contributed by atoms with Crippen molar-refractivity contribution >= 4 is 34.5 Å². The predicted molar refractivity (Wildman–Crippen MR) is 139 cm³/mol. The molecule has 6 nitrogen and oxygen atoms in total. The minimum absolute atomic E-state index is 0.0314. The highest BCUT2D eigenvalue weighted by atomic mass is 35.5. The lowest BCUT2D eigenvalue weighted by Gasteiger charge is -2.34. The Labute approximate surface area is 213 Å². The number of carbonyl (C=O) groups excluding carboxylic acids is 1. The van der Waals surface area contributed by atoms with Crippen LogP contribution in [0.5, 0.6) is 11.5 Å². The Kier molecular flexibility index (Phi) is 6.97. The van der Waals surface area contributed by atoms with Gasteiger partial charge in [-0.15, -0.1) is 11.3 Å². The largest absolute Gasteiger partial charge is 0.494 e. The third-order valence-corrected chi connectivity index (χ3v) is 6.84. The fourth-order valence-corrected chi connectivity index (χ4v) is 4.86. The van der Waals surface area contributed by atoms with Crippen molar-refractivity contribution in [2.24, 2.45) is 0 Å². The Bertz CT molecular complexity index is 1310. The predicted octanol–water partition coefficient (Wildman–Crippen LogP) is 6.50. The summed E-state index contributed by atoms with van der Waals surface area (Å²) in [4.78, 5) is 24.2. The number of nitrogens with zero attached hydrogens (tertiary/aromatic N) is 3. The lowest BCUT2D eigenvalue weighted by molar-refractivity contribution is -0.126. The van der Waals surface area contributed by atoms with Crippen LogP contribution in [0, 0.1) is 0 Å². The maximum Gasteiger partial charge on any atom is 0.268 e. The van der Waals surface area contributed by atoms with Crippen molar-refractivity contribution in [2.75, 3.05) is 18.1 Å². The lowest BCUT2D eigenvalue weighted by Crippen LogP contribution is -2.46. The van der Waals surface area contributed by atoms with Crippen LogP contribution in [0.3, 0.4) is 0 Å². The summed E-state index contributed by atoms with van der Waals surface area (Å²) in [5, 5.41) is 3.53. The van der Waals surface area contributed by atoms with Crippen molar-refractivity contribution in [2.45, 2.75) is 25.9 Å². The Hall–Kier alpha value is -3.42. The molecule has 0 fully saturated rings. The van der Waals surface area contributed by atoms with Gasteiger partial charge in [0.05, 0.1) is 23.7 Å². The average Bonchev–Trinajstić information content (AvgIpc) is 3.39. The van der Waals surface area contributed by atoms with Crippen molar-refractivity contribution in [3.05, 3.63) is 77.3 Å². The van der Waals surface area contributed by atoms with Crippen LogP contribution < -0.4 is 14.4 Å². The zero-order valence-corrected chi connectivity index (χ0v) is 20.8. The van der Waals surface area contributed by atoms with Gasteiger partial charge in [0.1, 0.15) is 16.5 Å². The van der Waals surface area contributed by atoms with Gasteiger partial charge in [-0.25, -0.2) is 4.98 Å². The average molecular weight is 506 g/mol. The number of halogens is 1. The molecule has 178 valence electrons. The van der Waals surface area contributed by atoms with E-state index in [0.29, 0.717) is 36.8 Å². The van der Waals surface area contributed by atoms with Gasteiger partial charge in [-0.1, -0.05) is 24.6 Å². The second-order valence-corrected chi connectivity index (χ2v) is 9.39. The number of pyridine rings is 1. The molecule has 0 saturated heterocycles. The van der Waals surface area contributed by atoms with Gasteiger partial charge < -0.3 is 14.4 Å². The molecule has 0 aliphatic carbocycles. The number of rotatable bonds is 8. The summed E-state index contributed by atoms with van der Waals surface area (Å²) >= 11 is 7.48. The molecule has 0 radical (unpaired) electrons. The molecule has 1 amide bonds. The summed E-state index contributed by atoms with van der Waals surface area (Å²) in [6.45, 7) is 2.97. The molecule has 0 saturated carbocycles. The van der Waals surface area contributed by atoms with Crippen LogP contribution >= 0.6 is 22.9 Å². The molecule has 0 spiro atoms. The smallest absolute Gasteiger partial charge is 0.268 e. The van der Waals surface area contributed by atoms with Crippen molar-refractivity contribution in [1.82, 2.24) is 9.97 Å². The van der Waals surface area contributed by atoms with Crippen LogP contribution in [0.1, 0.15) is 19.8 Å². The summed E-state index contributed by atoms with van der Waals surface area (Å²) < 4.78 is 11.8. The van der Waals surface area contributed by atoms with E-state index in [9.17, 15) is 4.79 Å². The van der Waals surface area contributed by atoms with Gasteiger partial charge in [0.25, 0.3) is 5.91 Å². The molecule has 0 bridgehead atoms. The van der Waals surface area contributed by atoms with Crippen molar-refractivity contribution in [3.8, 4) is 33.5 Å². The maximum absolute atomic E-state index is 13.2. The molecule has 1 aliphatic heterocycles. The minimum atomic E-state index is -0.486. The van der Waals surface area contributed by atoms with Crippen LogP contribution in [-0.2, 0) is 4.79 Å². The third-order valence-electron chi connectivity index (χ3n) is 5.72. The van der Waals surface area contributed by atoms with E-state index in [0.717, 1.165) is 33.4 Å². The van der Waals surface area contributed by atoms with Gasteiger partial charge in [0.15, 0.2) is 6.10 Å². The van der Waals surface area contributed by atoms with Crippen LogP contribution in [0.25, 0.3) is 22.0 Å². The number of ether oxygens (including phenoxy) is 2. The Balaban J connectivity index is 1.35. The van der Waals surface area contributed by atoms with E-state index in [4.69, 9.17) is 26.1 Å². The van der Waals surface area contributed by atoms with E-state index in [1.165, 1.54) is 0 Å². The summed E-state index contributed by atoms with van der Waals surface area (Å²) in [5.74, 6) is 1.43. The van der Waals surface area contributed by atoms with Gasteiger partial charge in [0, 0.05) is 28.7 Å². The first kappa shape index (κ1) is 23.3. The summed E-state index contributed by atoms with van der Waals surface area (Å²) in [7, 11) is 0. The quantitative estimate of drug-likeness (QED) is 0.256. The summed E-state index contributed by atoms with van der Waals surface area (Å²) in [5.41, 5.74) is 3.37. The standard InChI is InChI=1S/C27H24ClN3O3S/c1-2-24-27(32)31(14-5-15-33-20-10-8-19(28)9-11-20)23-16-18(7-12-25(23)34-24)22-17-35-26(30-22)21-6-3-4-13-29-21/h3-4,6-13,16-17,24H,2,5,14-15H2,1H3. The highest BCUT2D eigenvalue weighted by Gasteiger charge is 2.33. The molecule has 8 heteroatoms. The van der Waals surface area contributed by atoms with E-state index in [-0.39, 0.29) is 5.91 Å². The number of anilines is 1. The van der Waals surface area contributed by atoms with E-state index in [1.807, 2.05) is 65.7 Å². The topological polar surface area (TPSA) is 64.6 Å². The van der Waals surface area contributed by atoms with E-state index < -0.39 is 6.10 Å². The Morgan fingerprint density at radius 3 is 2.74 bits per heavy atom. The molecule has 1 aliphatic rings. The van der Waals surface area contributed by atoms with Gasteiger partial charge in [-0.3, -0.25) is 9.78 Å². The number of carbonyl (C=O) groups is 1. The van der Waals surface area contributed by atoms with Gasteiger partial charge in [-0.05, 0) is 67.4 Å². The second-order valence-electron chi connectivity index (χ2n) is 8.10. The fraction of sp³-hybridized carbons (Fsp3) is 0.222. The normalized spacial score (nSPS) is 15.0. The highest BCUT2D eigenvalue weighted by molar-refractivity contribution is 7.13. The summed E-state index contributed by atoms with van der Waals surface area (Å²) in [6.07, 6.45) is 2.56. The zero-order valence-electron chi connectivity index (χ0n) is 19.2. The fourth-order valence-electron chi connectivity index (χ4n) is 3.93. The first-order valence-electron chi connectivity index (χ1n) is 11.5. The highest BCUT2D eigenvalue weighted by Crippen LogP contribution is 2.39. The molecule has 35 heavy (non-hydrogen) atoms. The number of thiazole rings is 1. The van der Waals surface area contributed by atoms with Crippen LogP contribution in [0.2, 0.25) is 5.02 Å². The maximum atomic E-state index is 13.2. The second kappa shape index (κ2) is 10.5. The summed E-state index contributed by atoms with van der Waals surface area (Å²) in [6, 6.07) is 18.9. The number of aromatic nitrogens is 2. The van der Waals surface area contributed by atoms with Crippen molar-refractivity contribution in [1.29, 1.82) is 0 Å². The number of amides is 1. The molecule has 2 aromatic heterocycles. The molecule has 3 heterocycles. The molecule has 1 atom stereocenters. The lowest BCUT2D eigenvalue weighted by atomic mass is 10.1. The number of hydrogen-bond donors (Lipinski definition) is 0. The number of fused-ring (bicyclic) bond motifs is 1. The van der Waals surface area contributed by atoms with Gasteiger partial charge in [-0.2, -0.15) is 0 Å². The van der Waals surface area contributed by atoms with Crippen LogP contribution in [0.15, 0.2) is 72.2 Å². The SMILES string of the molecule is CCC1Oc2ccc(-c3csc(-c4ccccn4)n3)cc2N(CCCOc2ccc(Cl)cc2)C1=O. The van der Waals surface area contributed by atoms with Crippen LogP contribution in [0.4, 0.5) is 5.69 Å². The third kappa shape index (κ3) is 5.16. The molecule has 1 unspecified atom stereocenters. The first-order chi connectivity index (χ1) is 17.1. The minimum Gasteiger partial charge on any atom is -0.494 e. The van der Waals surface area contributed by atoms with Gasteiger partial charge >= 0.3 is 0 Å². The van der Waals surface area contributed by atoms with Crippen molar-refractivity contribution < 1.29 is 14.3 Å². The van der Waals surface area contributed by atoms with E-state index in [1.54, 1.807) is 29.7 Å². The molecule has 4 aromatic rings. The van der Waals surface area contributed by atoms with Crippen molar-refractivity contribution in [3.63, 3.8) is 0 Å². The molecule has 0 N–H and O–H groups in total. The Morgan fingerprint density at radius 2 is 1.97 bits per heavy atom. The monoisotopic (exact) mass is 505 g/mol. The first-order valence-corrected chi connectivity index (χ1v) is 12.8. The molecule has 2 aromatic carbocycles. The molecular formula is C27H24ClN3O3S. The molecular weight excluding hydrogens is 482 g/mol. The molecule has 5 rings (SSSR count). The van der Waals surface area contributed by atoms with Gasteiger partial charge in [0.2, 0.25) is 0 Å². The number of hydrogen-bond acceptors (Lipinski definition) is 6.